The van der Waals surface area contributed by atoms with Gasteiger partial charge in [-0.2, -0.15) is 0 Å². The van der Waals surface area contributed by atoms with Gasteiger partial charge in [-0.1, -0.05) is 41.9 Å². The van der Waals surface area contributed by atoms with E-state index in [1.54, 1.807) is 6.07 Å². The van der Waals surface area contributed by atoms with E-state index in [9.17, 15) is 12.9 Å². The molecule has 0 saturated heterocycles. The van der Waals surface area contributed by atoms with Gasteiger partial charge < -0.3 is 17.7 Å². The first kappa shape index (κ1) is 18.8. The zero-order valence-corrected chi connectivity index (χ0v) is 15.5. The number of aryl methyl sites for hydroxylation is 2. The largest absolute Gasteiger partial charge is 1.00 e. The van der Waals surface area contributed by atoms with Crippen LogP contribution in [0.3, 0.4) is 0 Å². The van der Waals surface area contributed by atoms with E-state index >= 15 is 0 Å². The molecule has 0 unspecified atom stereocenters. The second-order valence-electron chi connectivity index (χ2n) is 4.82. The average Bonchev–Trinajstić information content (AvgIpc) is 2.39. The SMILES string of the molecule is Cc1ccc(COc2ccccc2[B-](F)(F)F)cc1C.[K+]. The summed E-state index contributed by atoms with van der Waals surface area (Å²) in [7, 11) is 0. The van der Waals surface area contributed by atoms with E-state index in [0.29, 0.717) is 0 Å². The minimum atomic E-state index is -5.06. The Morgan fingerprint density at radius 2 is 1.62 bits per heavy atom. The Kier molecular flexibility index (Phi) is 7.00. The molecule has 0 spiro atoms. The number of rotatable bonds is 4. The smallest absolute Gasteiger partial charge is 0.492 e. The van der Waals surface area contributed by atoms with Crippen LogP contribution < -0.4 is 61.6 Å². The van der Waals surface area contributed by atoms with Crippen LogP contribution in [0, 0.1) is 13.8 Å². The van der Waals surface area contributed by atoms with Crippen molar-refractivity contribution < 1.29 is 69.1 Å². The van der Waals surface area contributed by atoms with Crippen molar-refractivity contribution in [1.29, 1.82) is 0 Å². The summed E-state index contributed by atoms with van der Waals surface area (Å²) in [6, 6.07) is 11.0. The quantitative estimate of drug-likeness (QED) is 0.763. The van der Waals surface area contributed by atoms with Crippen LogP contribution in [0.15, 0.2) is 42.5 Å². The van der Waals surface area contributed by atoms with Crippen molar-refractivity contribution in [2.75, 3.05) is 0 Å². The molecular weight excluding hydrogens is 303 g/mol. The fourth-order valence-electron chi connectivity index (χ4n) is 1.94. The zero-order valence-electron chi connectivity index (χ0n) is 12.4. The summed E-state index contributed by atoms with van der Waals surface area (Å²) < 4.78 is 44.0. The summed E-state index contributed by atoms with van der Waals surface area (Å²) in [5.74, 6) is -0.113. The fraction of sp³-hybridized carbons (Fsp3) is 0.200. The molecule has 106 valence electrons. The summed E-state index contributed by atoms with van der Waals surface area (Å²) >= 11 is 0. The molecule has 0 bridgehead atoms. The van der Waals surface area contributed by atoms with Gasteiger partial charge in [-0.05, 0) is 36.6 Å². The molecule has 0 saturated carbocycles. The van der Waals surface area contributed by atoms with Gasteiger partial charge >= 0.3 is 58.4 Å². The van der Waals surface area contributed by atoms with Gasteiger partial charge in [-0.3, -0.25) is 0 Å². The first-order chi connectivity index (χ1) is 9.38. The first-order valence-electron chi connectivity index (χ1n) is 6.36. The third-order valence-electron chi connectivity index (χ3n) is 3.24. The second-order valence-corrected chi connectivity index (χ2v) is 4.82. The normalized spacial score (nSPS) is 10.9. The van der Waals surface area contributed by atoms with E-state index in [0.717, 1.165) is 22.8 Å². The van der Waals surface area contributed by atoms with Gasteiger partial charge in [0.25, 0.3) is 0 Å². The van der Waals surface area contributed by atoms with E-state index in [-0.39, 0.29) is 63.7 Å². The predicted octanol–water partition coefficient (Wildman–Crippen LogP) is 0.941. The van der Waals surface area contributed by atoms with Crippen molar-refractivity contribution in [1.82, 2.24) is 0 Å². The Morgan fingerprint density at radius 1 is 0.952 bits per heavy atom. The van der Waals surface area contributed by atoms with Gasteiger partial charge in [0.1, 0.15) is 6.61 Å². The van der Waals surface area contributed by atoms with E-state index in [4.69, 9.17) is 4.74 Å². The molecule has 0 aromatic heterocycles. The van der Waals surface area contributed by atoms with Crippen LogP contribution in [0.1, 0.15) is 16.7 Å². The van der Waals surface area contributed by atoms with Crippen molar-refractivity contribution >= 4 is 12.4 Å². The van der Waals surface area contributed by atoms with Gasteiger partial charge in [0.2, 0.25) is 0 Å². The molecule has 0 fully saturated rings. The van der Waals surface area contributed by atoms with Crippen LogP contribution in [0.25, 0.3) is 0 Å². The van der Waals surface area contributed by atoms with Crippen LogP contribution >= 0.6 is 0 Å². The van der Waals surface area contributed by atoms with Crippen LogP contribution in [0.5, 0.6) is 5.75 Å². The number of ether oxygens (including phenoxy) is 1. The van der Waals surface area contributed by atoms with Gasteiger partial charge in [0.15, 0.2) is 0 Å². The minimum Gasteiger partial charge on any atom is -0.492 e. The first-order valence-corrected chi connectivity index (χ1v) is 6.36. The Balaban J connectivity index is 0.00000220. The monoisotopic (exact) mass is 318 g/mol. The summed E-state index contributed by atoms with van der Waals surface area (Å²) in [4.78, 5) is 0. The van der Waals surface area contributed by atoms with Crippen molar-refractivity contribution in [3.05, 3.63) is 59.2 Å². The van der Waals surface area contributed by atoms with Gasteiger partial charge in [0, 0.05) is 0 Å². The molecule has 0 aliphatic rings. The Labute approximate surface area is 165 Å². The summed E-state index contributed by atoms with van der Waals surface area (Å²) in [5, 5.41) is 0. The maximum Gasteiger partial charge on any atom is 1.00 e. The van der Waals surface area contributed by atoms with Crippen molar-refractivity contribution in [3.63, 3.8) is 0 Å². The maximum atomic E-state index is 12.9. The van der Waals surface area contributed by atoms with Gasteiger partial charge in [0.05, 0.1) is 5.75 Å². The third-order valence-corrected chi connectivity index (χ3v) is 3.24. The maximum absolute atomic E-state index is 12.9. The molecule has 0 aliphatic carbocycles. The summed E-state index contributed by atoms with van der Waals surface area (Å²) in [5.41, 5.74) is 2.42. The van der Waals surface area contributed by atoms with E-state index in [1.165, 1.54) is 12.1 Å². The molecule has 21 heavy (non-hydrogen) atoms. The molecule has 0 amide bonds. The zero-order chi connectivity index (χ0) is 14.8. The molecule has 2 aromatic carbocycles. The third kappa shape index (κ3) is 5.14. The second kappa shape index (κ2) is 7.83. The number of hydrogen-bond donors (Lipinski definition) is 0. The Hall–Kier alpha value is -0.269. The number of benzene rings is 2. The van der Waals surface area contributed by atoms with Gasteiger partial charge in [-0.25, -0.2) is 0 Å². The van der Waals surface area contributed by atoms with Crippen molar-refractivity contribution in [3.8, 4) is 5.75 Å². The van der Waals surface area contributed by atoms with Crippen LogP contribution in [-0.4, -0.2) is 6.98 Å². The van der Waals surface area contributed by atoms with Crippen LogP contribution in [0.4, 0.5) is 12.9 Å². The molecule has 2 aromatic rings. The molecule has 1 nitrogen and oxygen atoms in total. The van der Waals surface area contributed by atoms with E-state index in [2.05, 4.69) is 0 Å². The fourth-order valence-corrected chi connectivity index (χ4v) is 1.94. The molecule has 0 N–H and O–H groups in total. The van der Waals surface area contributed by atoms with E-state index in [1.807, 2.05) is 32.0 Å². The molecule has 2 rings (SSSR count). The standard InChI is InChI=1S/C15H15BF3O.K/c1-11-7-8-13(9-12(11)2)10-20-15-6-4-3-5-14(15)16(17,18)19;/h3-9H,10H2,1-2H3;/q-1;+1. The molecule has 0 atom stereocenters. The van der Waals surface area contributed by atoms with E-state index < -0.39 is 12.4 Å². The topological polar surface area (TPSA) is 9.23 Å². The van der Waals surface area contributed by atoms with Crippen molar-refractivity contribution in [2.24, 2.45) is 0 Å². The molecular formula is C15H15BF3KO. The number of hydrogen-bond acceptors (Lipinski definition) is 1. The van der Waals surface area contributed by atoms with Gasteiger partial charge in [-0.15, -0.1) is 0 Å². The number of para-hydroxylation sites is 1. The molecule has 0 radical (unpaired) electrons. The summed E-state index contributed by atoms with van der Waals surface area (Å²) in [6.45, 7) is -0.978. The average molecular weight is 318 g/mol. The Morgan fingerprint density at radius 3 is 2.24 bits per heavy atom. The predicted molar refractivity (Wildman–Crippen MR) is 75.4 cm³/mol. The minimum absolute atomic E-state index is 0. The Bertz CT molecular complexity index is 614. The van der Waals surface area contributed by atoms with Crippen molar-refractivity contribution in [2.45, 2.75) is 20.5 Å². The molecule has 0 aliphatic heterocycles. The van der Waals surface area contributed by atoms with Crippen LogP contribution in [-0.2, 0) is 6.61 Å². The molecule has 0 heterocycles. The summed E-state index contributed by atoms with van der Waals surface area (Å²) in [6.07, 6.45) is 0. The molecule has 6 heteroatoms. The van der Waals surface area contributed by atoms with Crippen LogP contribution in [0.2, 0.25) is 0 Å². The number of halogens is 3.